The van der Waals surface area contributed by atoms with Crippen LogP contribution in [-0.2, 0) is 11.2 Å². The summed E-state index contributed by atoms with van der Waals surface area (Å²) in [5, 5.41) is 3.62. The molecule has 2 atom stereocenters. The van der Waals surface area contributed by atoms with E-state index < -0.39 is 0 Å². The van der Waals surface area contributed by atoms with Crippen LogP contribution in [0.3, 0.4) is 0 Å². The number of likely N-dealkylation sites (N-methyl/N-ethyl adjacent to an activating group) is 1. The lowest BCUT2D eigenvalue weighted by molar-refractivity contribution is 0.0396. The SMILES string of the molecule is CCNC(Cc1cccc(Br)c1)C1CCCOC1. The number of nitrogens with one attached hydrogen (secondary N) is 1. The van der Waals surface area contributed by atoms with Crippen LogP contribution in [0.15, 0.2) is 28.7 Å². The number of rotatable bonds is 5. The van der Waals surface area contributed by atoms with E-state index in [1.54, 1.807) is 0 Å². The summed E-state index contributed by atoms with van der Waals surface area (Å²) < 4.78 is 6.78. The Balaban J connectivity index is 2.00. The van der Waals surface area contributed by atoms with Gasteiger partial charge in [0.1, 0.15) is 0 Å². The zero-order valence-electron chi connectivity index (χ0n) is 11.0. The average Bonchev–Trinajstić information content (AvgIpc) is 2.39. The van der Waals surface area contributed by atoms with Crippen LogP contribution in [0.1, 0.15) is 25.3 Å². The molecule has 1 aliphatic rings. The number of hydrogen-bond donors (Lipinski definition) is 1. The first kappa shape index (κ1) is 14.0. The van der Waals surface area contributed by atoms with Gasteiger partial charge in [-0.15, -0.1) is 0 Å². The Hall–Kier alpha value is -0.380. The summed E-state index contributed by atoms with van der Waals surface area (Å²) in [6, 6.07) is 9.15. The zero-order valence-corrected chi connectivity index (χ0v) is 12.6. The molecule has 0 amide bonds. The van der Waals surface area contributed by atoms with Crippen LogP contribution in [0, 0.1) is 5.92 Å². The summed E-state index contributed by atoms with van der Waals surface area (Å²) in [5.41, 5.74) is 1.39. The average molecular weight is 312 g/mol. The molecule has 0 spiro atoms. The Kier molecular flexibility index (Phi) is 5.67. The molecule has 3 heteroatoms. The van der Waals surface area contributed by atoms with E-state index in [9.17, 15) is 0 Å². The Morgan fingerprint density at radius 3 is 3.06 bits per heavy atom. The Bertz CT molecular complexity index is 363. The monoisotopic (exact) mass is 311 g/mol. The summed E-state index contributed by atoms with van der Waals surface area (Å²) in [5.74, 6) is 0.651. The summed E-state index contributed by atoms with van der Waals surface area (Å²) in [6.07, 6.45) is 3.57. The lowest BCUT2D eigenvalue weighted by atomic mass is 9.89. The first-order chi connectivity index (χ1) is 8.79. The van der Waals surface area contributed by atoms with Gasteiger partial charge in [0.15, 0.2) is 0 Å². The first-order valence-electron chi connectivity index (χ1n) is 6.85. The van der Waals surface area contributed by atoms with Gasteiger partial charge < -0.3 is 10.1 Å². The van der Waals surface area contributed by atoms with E-state index in [2.05, 4.69) is 52.4 Å². The van der Waals surface area contributed by atoms with Gasteiger partial charge >= 0.3 is 0 Å². The minimum absolute atomic E-state index is 0.532. The van der Waals surface area contributed by atoms with Crippen molar-refractivity contribution in [1.82, 2.24) is 5.32 Å². The predicted octanol–water partition coefficient (Wildman–Crippen LogP) is 3.40. The summed E-state index contributed by atoms with van der Waals surface area (Å²) >= 11 is 3.54. The van der Waals surface area contributed by atoms with E-state index in [1.165, 1.54) is 18.4 Å². The van der Waals surface area contributed by atoms with Gasteiger partial charge in [0.25, 0.3) is 0 Å². The van der Waals surface area contributed by atoms with Crippen molar-refractivity contribution in [3.05, 3.63) is 34.3 Å². The second-order valence-corrected chi connectivity index (χ2v) is 5.89. The Morgan fingerprint density at radius 2 is 2.39 bits per heavy atom. The molecule has 1 heterocycles. The van der Waals surface area contributed by atoms with Gasteiger partial charge in [-0.25, -0.2) is 0 Å². The van der Waals surface area contributed by atoms with Gasteiger partial charge in [-0.1, -0.05) is 35.0 Å². The van der Waals surface area contributed by atoms with Gasteiger partial charge in [-0.05, 0) is 49.4 Å². The quantitative estimate of drug-likeness (QED) is 0.900. The molecule has 0 saturated carbocycles. The van der Waals surface area contributed by atoms with Crippen molar-refractivity contribution in [3.63, 3.8) is 0 Å². The molecule has 1 fully saturated rings. The lowest BCUT2D eigenvalue weighted by Crippen LogP contribution is -2.41. The van der Waals surface area contributed by atoms with E-state index in [-0.39, 0.29) is 0 Å². The summed E-state index contributed by atoms with van der Waals surface area (Å²) in [7, 11) is 0. The van der Waals surface area contributed by atoms with Crippen LogP contribution in [0.5, 0.6) is 0 Å². The van der Waals surface area contributed by atoms with Crippen molar-refractivity contribution in [2.45, 2.75) is 32.2 Å². The largest absolute Gasteiger partial charge is 0.381 e. The molecule has 0 aliphatic carbocycles. The topological polar surface area (TPSA) is 21.3 Å². The molecule has 2 rings (SSSR count). The fourth-order valence-electron chi connectivity index (χ4n) is 2.67. The molecule has 100 valence electrons. The van der Waals surface area contributed by atoms with E-state index in [1.807, 2.05) is 0 Å². The fraction of sp³-hybridized carbons (Fsp3) is 0.600. The summed E-state index contributed by atoms with van der Waals surface area (Å²) in [4.78, 5) is 0. The second-order valence-electron chi connectivity index (χ2n) is 4.98. The predicted molar refractivity (Wildman–Crippen MR) is 78.9 cm³/mol. The first-order valence-corrected chi connectivity index (χ1v) is 7.64. The highest BCUT2D eigenvalue weighted by Gasteiger charge is 2.23. The van der Waals surface area contributed by atoms with Crippen molar-refractivity contribution in [3.8, 4) is 0 Å². The van der Waals surface area contributed by atoms with Crippen molar-refractivity contribution in [2.75, 3.05) is 19.8 Å². The van der Waals surface area contributed by atoms with Crippen LogP contribution < -0.4 is 5.32 Å². The maximum absolute atomic E-state index is 5.62. The third kappa shape index (κ3) is 4.08. The second kappa shape index (κ2) is 7.27. The van der Waals surface area contributed by atoms with E-state index in [0.29, 0.717) is 12.0 Å². The molecule has 18 heavy (non-hydrogen) atoms. The molecule has 0 bridgehead atoms. The molecule has 2 nitrogen and oxygen atoms in total. The minimum Gasteiger partial charge on any atom is -0.381 e. The Labute approximate surface area is 118 Å². The van der Waals surface area contributed by atoms with Gasteiger partial charge in [0.05, 0.1) is 6.61 Å². The van der Waals surface area contributed by atoms with Crippen LogP contribution in [-0.4, -0.2) is 25.8 Å². The third-order valence-corrected chi connectivity index (χ3v) is 4.07. The van der Waals surface area contributed by atoms with Crippen molar-refractivity contribution in [2.24, 2.45) is 5.92 Å². The Morgan fingerprint density at radius 1 is 1.50 bits per heavy atom. The van der Waals surface area contributed by atoms with Crippen LogP contribution in [0.2, 0.25) is 0 Å². The fourth-order valence-corrected chi connectivity index (χ4v) is 3.12. The van der Waals surface area contributed by atoms with E-state index in [4.69, 9.17) is 4.74 Å². The number of ether oxygens (including phenoxy) is 1. The van der Waals surface area contributed by atoms with Gasteiger partial charge in [0, 0.05) is 17.1 Å². The maximum Gasteiger partial charge on any atom is 0.0509 e. The lowest BCUT2D eigenvalue weighted by Gasteiger charge is -2.31. The molecule has 1 aromatic carbocycles. The van der Waals surface area contributed by atoms with Gasteiger partial charge in [-0.2, -0.15) is 0 Å². The molecular formula is C15H22BrNO. The molecular weight excluding hydrogens is 290 g/mol. The van der Waals surface area contributed by atoms with Crippen LogP contribution >= 0.6 is 15.9 Å². The maximum atomic E-state index is 5.62. The number of hydrogen-bond acceptors (Lipinski definition) is 2. The van der Waals surface area contributed by atoms with Gasteiger partial charge in [-0.3, -0.25) is 0 Å². The highest BCUT2D eigenvalue weighted by molar-refractivity contribution is 9.10. The highest BCUT2D eigenvalue weighted by Crippen LogP contribution is 2.21. The van der Waals surface area contributed by atoms with Crippen LogP contribution in [0.25, 0.3) is 0 Å². The molecule has 0 radical (unpaired) electrons. The highest BCUT2D eigenvalue weighted by atomic mass is 79.9. The smallest absolute Gasteiger partial charge is 0.0509 e. The zero-order chi connectivity index (χ0) is 12.8. The molecule has 1 aliphatic heterocycles. The van der Waals surface area contributed by atoms with Crippen molar-refractivity contribution >= 4 is 15.9 Å². The minimum atomic E-state index is 0.532. The molecule has 1 N–H and O–H groups in total. The molecule has 2 unspecified atom stereocenters. The third-order valence-electron chi connectivity index (χ3n) is 3.58. The standard InChI is InChI=1S/C15H22BrNO/c1-2-17-15(13-6-4-8-18-11-13)10-12-5-3-7-14(16)9-12/h3,5,7,9,13,15,17H,2,4,6,8,10-11H2,1H3. The summed E-state index contributed by atoms with van der Waals surface area (Å²) in [6.45, 7) is 5.05. The molecule has 0 aromatic heterocycles. The van der Waals surface area contributed by atoms with Crippen molar-refractivity contribution < 1.29 is 4.74 Å². The van der Waals surface area contributed by atoms with Gasteiger partial charge in [0.2, 0.25) is 0 Å². The number of benzene rings is 1. The number of halogens is 1. The van der Waals surface area contributed by atoms with E-state index >= 15 is 0 Å². The van der Waals surface area contributed by atoms with E-state index in [0.717, 1.165) is 30.7 Å². The molecule has 1 aromatic rings. The normalized spacial score (nSPS) is 21.8. The molecule has 1 saturated heterocycles. The van der Waals surface area contributed by atoms with Crippen LogP contribution in [0.4, 0.5) is 0 Å². The van der Waals surface area contributed by atoms with Crippen molar-refractivity contribution in [1.29, 1.82) is 0 Å².